The van der Waals surface area contributed by atoms with E-state index in [0.29, 0.717) is 24.6 Å². The largest absolute Gasteiger partial charge is 0.398 e. The zero-order chi connectivity index (χ0) is 15.2. The number of hydrogen-bond acceptors (Lipinski definition) is 4. The summed E-state index contributed by atoms with van der Waals surface area (Å²) in [6.45, 7) is 8.69. The van der Waals surface area contributed by atoms with Crippen molar-refractivity contribution >= 4 is 17.3 Å². The van der Waals surface area contributed by atoms with Gasteiger partial charge in [-0.1, -0.05) is 6.07 Å². The summed E-state index contributed by atoms with van der Waals surface area (Å²) in [4.78, 5) is 11.7. The number of nitrogens with one attached hydrogen (secondary N) is 1. The average molecular weight is 280 g/mol. The third kappa shape index (κ3) is 6.54. The Hall–Kier alpha value is -1.59. The van der Waals surface area contributed by atoms with Crippen LogP contribution in [0.5, 0.6) is 0 Å². The van der Waals surface area contributed by atoms with Gasteiger partial charge in [0.2, 0.25) is 5.91 Å². The molecule has 0 heterocycles. The van der Waals surface area contributed by atoms with E-state index in [2.05, 4.69) is 5.32 Å². The monoisotopic (exact) mass is 280 g/mol. The summed E-state index contributed by atoms with van der Waals surface area (Å²) >= 11 is 0. The summed E-state index contributed by atoms with van der Waals surface area (Å²) in [5, 5.41) is 2.73. The normalized spacial score (nSPS) is 11.4. The summed E-state index contributed by atoms with van der Waals surface area (Å²) < 4.78 is 10.7. The SMILES string of the molecule is Cc1ccc(NC(=O)COCCOC(C)(C)C)cc1N. The van der Waals surface area contributed by atoms with Crippen LogP contribution in [0.2, 0.25) is 0 Å². The van der Waals surface area contributed by atoms with Crippen LogP contribution in [-0.4, -0.2) is 31.3 Å². The van der Waals surface area contributed by atoms with Crippen molar-refractivity contribution in [2.24, 2.45) is 0 Å². The number of ether oxygens (including phenoxy) is 2. The molecule has 0 aromatic heterocycles. The van der Waals surface area contributed by atoms with Crippen LogP contribution >= 0.6 is 0 Å². The minimum atomic E-state index is -0.205. The lowest BCUT2D eigenvalue weighted by atomic mass is 10.2. The Morgan fingerprint density at radius 2 is 2.00 bits per heavy atom. The Morgan fingerprint density at radius 3 is 2.60 bits per heavy atom. The second-order valence-corrected chi connectivity index (χ2v) is 5.63. The smallest absolute Gasteiger partial charge is 0.250 e. The van der Waals surface area contributed by atoms with Crippen molar-refractivity contribution in [3.05, 3.63) is 23.8 Å². The topological polar surface area (TPSA) is 73.6 Å². The first-order chi connectivity index (χ1) is 9.28. The number of benzene rings is 1. The maximum atomic E-state index is 11.7. The molecule has 20 heavy (non-hydrogen) atoms. The number of carbonyl (C=O) groups excluding carboxylic acids is 1. The number of anilines is 2. The van der Waals surface area contributed by atoms with Crippen molar-refractivity contribution in [3.8, 4) is 0 Å². The molecular weight excluding hydrogens is 256 g/mol. The lowest BCUT2D eigenvalue weighted by Crippen LogP contribution is -2.24. The summed E-state index contributed by atoms with van der Waals surface area (Å²) in [6, 6.07) is 5.41. The first kappa shape index (κ1) is 16.5. The lowest BCUT2D eigenvalue weighted by Gasteiger charge is -2.19. The van der Waals surface area contributed by atoms with Crippen LogP contribution in [0.4, 0.5) is 11.4 Å². The molecule has 3 N–H and O–H groups in total. The van der Waals surface area contributed by atoms with Gasteiger partial charge in [-0.25, -0.2) is 0 Å². The summed E-state index contributed by atoms with van der Waals surface area (Å²) in [7, 11) is 0. The van der Waals surface area contributed by atoms with E-state index in [4.69, 9.17) is 15.2 Å². The Kier molecular flexibility index (Phi) is 5.98. The minimum absolute atomic E-state index is 0.00127. The van der Waals surface area contributed by atoms with Crippen LogP contribution in [0.3, 0.4) is 0 Å². The highest BCUT2D eigenvalue weighted by atomic mass is 16.5. The van der Waals surface area contributed by atoms with Gasteiger partial charge >= 0.3 is 0 Å². The molecule has 0 saturated carbocycles. The Morgan fingerprint density at radius 1 is 1.30 bits per heavy atom. The highest BCUT2D eigenvalue weighted by Gasteiger charge is 2.09. The number of aryl methyl sites for hydroxylation is 1. The Bertz CT molecular complexity index is 453. The van der Waals surface area contributed by atoms with E-state index < -0.39 is 0 Å². The third-order valence-corrected chi connectivity index (χ3v) is 2.56. The van der Waals surface area contributed by atoms with Gasteiger partial charge in [-0.3, -0.25) is 4.79 Å². The number of carbonyl (C=O) groups is 1. The van der Waals surface area contributed by atoms with Crippen LogP contribution in [0.15, 0.2) is 18.2 Å². The molecule has 0 saturated heterocycles. The highest BCUT2D eigenvalue weighted by Crippen LogP contribution is 2.16. The van der Waals surface area contributed by atoms with Crippen LogP contribution in [0, 0.1) is 6.92 Å². The van der Waals surface area contributed by atoms with Gasteiger partial charge < -0.3 is 20.5 Å². The molecule has 1 amide bonds. The van der Waals surface area contributed by atoms with E-state index in [0.717, 1.165) is 5.56 Å². The fourth-order valence-corrected chi connectivity index (χ4v) is 1.49. The van der Waals surface area contributed by atoms with Gasteiger partial charge in [-0.15, -0.1) is 0 Å². The number of hydrogen-bond donors (Lipinski definition) is 2. The molecular formula is C15H24N2O3. The molecule has 0 fully saturated rings. The molecule has 0 aliphatic rings. The predicted octanol–water partition coefficient (Wildman–Crippen LogP) is 2.35. The molecule has 1 rings (SSSR count). The molecule has 1 aromatic rings. The van der Waals surface area contributed by atoms with E-state index in [1.54, 1.807) is 6.07 Å². The van der Waals surface area contributed by atoms with Gasteiger partial charge in [0.15, 0.2) is 0 Å². The number of nitrogens with two attached hydrogens (primary N) is 1. The quantitative estimate of drug-likeness (QED) is 0.619. The van der Waals surface area contributed by atoms with Crippen LogP contribution in [0.25, 0.3) is 0 Å². The van der Waals surface area contributed by atoms with Gasteiger partial charge in [-0.05, 0) is 45.4 Å². The molecule has 0 atom stereocenters. The maximum Gasteiger partial charge on any atom is 0.250 e. The van der Waals surface area contributed by atoms with Crippen LogP contribution < -0.4 is 11.1 Å². The zero-order valence-electron chi connectivity index (χ0n) is 12.7. The molecule has 0 radical (unpaired) electrons. The fraction of sp³-hybridized carbons (Fsp3) is 0.533. The Labute approximate surface area is 120 Å². The van der Waals surface area contributed by atoms with Gasteiger partial charge in [0.05, 0.1) is 18.8 Å². The summed E-state index contributed by atoms with van der Waals surface area (Å²) in [6.07, 6.45) is 0. The molecule has 0 spiro atoms. The zero-order valence-corrected chi connectivity index (χ0v) is 12.7. The summed E-state index contributed by atoms with van der Waals surface area (Å²) in [5.74, 6) is -0.205. The van der Waals surface area contributed by atoms with Crippen molar-refractivity contribution in [2.75, 3.05) is 30.9 Å². The molecule has 112 valence electrons. The van der Waals surface area contributed by atoms with Gasteiger partial charge in [-0.2, -0.15) is 0 Å². The van der Waals surface area contributed by atoms with Crippen LogP contribution in [-0.2, 0) is 14.3 Å². The van der Waals surface area contributed by atoms with Gasteiger partial charge in [0, 0.05) is 11.4 Å². The molecule has 0 unspecified atom stereocenters. The molecule has 0 aliphatic carbocycles. The standard InChI is InChI=1S/C15H24N2O3/c1-11-5-6-12(9-13(11)16)17-14(18)10-19-7-8-20-15(2,3)4/h5-6,9H,7-8,10,16H2,1-4H3,(H,17,18). The van der Waals surface area contributed by atoms with Crippen molar-refractivity contribution in [3.63, 3.8) is 0 Å². The van der Waals surface area contributed by atoms with Gasteiger partial charge in [0.1, 0.15) is 6.61 Å². The van der Waals surface area contributed by atoms with E-state index in [1.165, 1.54) is 0 Å². The second kappa shape index (κ2) is 7.26. The van der Waals surface area contributed by atoms with Crippen molar-refractivity contribution in [1.29, 1.82) is 0 Å². The van der Waals surface area contributed by atoms with E-state index >= 15 is 0 Å². The minimum Gasteiger partial charge on any atom is -0.398 e. The van der Waals surface area contributed by atoms with E-state index in [9.17, 15) is 4.79 Å². The fourth-order valence-electron chi connectivity index (χ4n) is 1.49. The van der Waals surface area contributed by atoms with Crippen LogP contribution in [0.1, 0.15) is 26.3 Å². The first-order valence-electron chi connectivity index (χ1n) is 6.65. The summed E-state index contributed by atoms with van der Waals surface area (Å²) in [5.41, 5.74) is 7.90. The highest BCUT2D eigenvalue weighted by molar-refractivity contribution is 5.92. The first-order valence-corrected chi connectivity index (χ1v) is 6.65. The molecule has 5 nitrogen and oxygen atoms in total. The maximum absolute atomic E-state index is 11.7. The molecule has 5 heteroatoms. The molecule has 0 bridgehead atoms. The predicted molar refractivity (Wildman–Crippen MR) is 80.7 cm³/mol. The number of nitrogen functional groups attached to an aromatic ring is 1. The van der Waals surface area contributed by atoms with E-state index in [1.807, 2.05) is 39.8 Å². The van der Waals surface area contributed by atoms with Crippen molar-refractivity contribution in [1.82, 2.24) is 0 Å². The lowest BCUT2D eigenvalue weighted by molar-refractivity contribution is -0.121. The Balaban J connectivity index is 2.25. The second-order valence-electron chi connectivity index (χ2n) is 5.63. The number of amides is 1. The number of rotatable bonds is 6. The van der Waals surface area contributed by atoms with Crippen molar-refractivity contribution < 1.29 is 14.3 Å². The van der Waals surface area contributed by atoms with E-state index in [-0.39, 0.29) is 18.1 Å². The van der Waals surface area contributed by atoms with Gasteiger partial charge in [0.25, 0.3) is 0 Å². The third-order valence-electron chi connectivity index (χ3n) is 2.56. The average Bonchev–Trinajstić information content (AvgIpc) is 2.32. The van der Waals surface area contributed by atoms with Crippen molar-refractivity contribution in [2.45, 2.75) is 33.3 Å². The molecule has 0 aliphatic heterocycles. The molecule has 1 aromatic carbocycles.